The van der Waals surface area contributed by atoms with Gasteiger partial charge in [0.05, 0.1) is 17.2 Å². The van der Waals surface area contributed by atoms with E-state index in [0.717, 1.165) is 38.9 Å². The van der Waals surface area contributed by atoms with Gasteiger partial charge >= 0.3 is 0 Å². The molecule has 3 aromatic heterocycles. The van der Waals surface area contributed by atoms with E-state index in [2.05, 4.69) is 80.3 Å². The van der Waals surface area contributed by atoms with Crippen LogP contribution in [0.15, 0.2) is 30.3 Å². The van der Waals surface area contributed by atoms with Crippen LogP contribution in [0.25, 0.3) is 10.9 Å². The fraction of sp³-hybridized carbons (Fsp3) is 0.370. The van der Waals surface area contributed by atoms with Crippen molar-refractivity contribution in [2.75, 3.05) is 17.2 Å². The highest BCUT2D eigenvalue weighted by Gasteiger charge is 2.31. The summed E-state index contributed by atoms with van der Waals surface area (Å²) in [4.78, 5) is 8.51. The summed E-state index contributed by atoms with van der Waals surface area (Å²) in [7, 11) is 0. The maximum atomic E-state index is 13.9. The summed E-state index contributed by atoms with van der Waals surface area (Å²) < 4.78 is 16.8. The minimum atomic E-state index is -0.534. The molecule has 0 bridgehead atoms. The summed E-state index contributed by atoms with van der Waals surface area (Å²) in [5.74, 6) is -0.534. The highest BCUT2D eigenvalue weighted by molar-refractivity contribution is 14.1. The normalized spacial score (nSPS) is 14.4. The first kappa shape index (κ1) is 26.6. The molecule has 2 N–H and O–H groups in total. The number of aromatic nitrogens is 5. The molecular formula is C27H27ClFIN8. The summed E-state index contributed by atoms with van der Waals surface area (Å²) in [6.45, 7) is 8.77. The number of hydrogen-bond donors (Lipinski definition) is 2. The third-order valence-corrected chi connectivity index (χ3v) is 7.71. The SMILES string of the molecule is Cc1nc(F)ccc1C(Nc1ccc2nc(Cl)c(C#N)c(NCC(C)(C)C)c2c1)c1nnn(C2CC2)c1I. The maximum Gasteiger partial charge on any atom is 0.213 e. The second kappa shape index (κ2) is 10.3. The molecule has 5 rings (SSSR count). The molecule has 1 atom stereocenters. The molecule has 0 spiro atoms. The first-order valence-electron chi connectivity index (χ1n) is 12.3. The fourth-order valence-electron chi connectivity index (χ4n) is 4.29. The molecule has 196 valence electrons. The van der Waals surface area contributed by atoms with Gasteiger partial charge in [-0.05, 0) is 72.0 Å². The Morgan fingerprint density at radius 2 is 2.00 bits per heavy atom. The van der Waals surface area contributed by atoms with E-state index in [1.54, 1.807) is 13.0 Å². The Balaban J connectivity index is 1.61. The second-order valence-electron chi connectivity index (χ2n) is 10.7. The Morgan fingerprint density at radius 3 is 2.66 bits per heavy atom. The van der Waals surface area contributed by atoms with E-state index < -0.39 is 12.0 Å². The first-order valence-corrected chi connectivity index (χ1v) is 13.8. The van der Waals surface area contributed by atoms with Crippen LogP contribution >= 0.6 is 34.2 Å². The second-order valence-corrected chi connectivity index (χ2v) is 12.1. The fourth-order valence-corrected chi connectivity index (χ4v) is 5.43. The van der Waals surface area contributed by atoms with Crippen LogP contribution in [0.4, 0.5) is 15.8 Å². The molecule has 0 radical (unpaired) electrons. The van der Waals surface area contributed by atoms with E-state index >= 15 is 0 Å². The van der Waals surface area contributed by atoms with E-state index in [-0.39, 0.29) is 10.6 Å². The van der Waals surface area contributed by atoms with E-state index in [9.17, 15) is 9.65 Å². The summed E-state index contributed by atoms with van der Waals surface area (Å²) in [6.07, 6.45) is 2.17. The van der Waals surface area contributed by atoms with Gasteiger partial charge in [0.25, 0.3) is 0 Å². The number of fused-ring (bicyclic) bond motifs is 1. The van der Waals surface area contributed by atoms with E-state index in [1.165, 1.54) is 6.07 Å². The minimum Gasteiger partial charge on any atom is -0.383 e. The largest absolute Gasteiger partial charge is 0.383 e. The van der Waals surface area contributed by atoms with Crippen molar-refractivity contribution in [3.63, 3.8) is 0 Å². The number of pyridine rings is 2. The average molecular weight is 645 g/mol. The van der Waals surface area contributed by atoms with E-state index in [4.69, 9.17) is 11.6 Å². The summed E-state index contributed by atoms with van der Waals surface area (Å²) >= 11 is 8.66. The van der Waals surface area contributed by atoms with E-state index in [1.807, 2.05) is 22.9 Å². The molecule has 1 aliphatic rings. The van der Waals surface area contributed by atoms with E-state index in [0.29, 0.717) is 35.0 Å². The van der Waals surface area contributed by atoms with Crippen LogP contribution in [0.3, 0.4) is 0 Å². The van der Waals surface area contributed by atoms with Gasteiger partial charge in [0.1, 0.15) is 32.2 Å². The van der Waals surface area contributed by atoms with Gasteiger partial charge in [-0.2, -0.15) is 9.65 Å². The molecule has 4 aromatic rings. The molecule has 11 heteroatoms. The zero-order valence-electron chi connectivity index (χ0n) is 21.5. The van der Waals surface area contributed by atoms with Crippen LogP contribution in [0.2, 0.25) is 5.15 Å². The van der Waals surface area contributed by atoms with Gasteiger partial charge in [-0.1, -0.05) is 43.7 Å². The summed E-state index contributed by atoms with van der Waals surface area (Å²) in [6, 6.07) is 10.9. The van der Waals surface area contributed by atoms with Gasteiger partial charge < -0.3 is 10.6 Å². The Kier molecular flexibility index (Phi) is 7.17. The van der Waals surface area contributed by atoms with Crippen LogP contribution in [0.1, 0.15) is 68.2 Å². The van der Waals surface area contributed by atoms with Crippen molar-refractivity contribution in [1.82, 2.24) is 25.0 Å². The van der Waals surface area contributed by atoms with Crippen LogP contribution in [-0.2, 0) is 0 Å². The molecule has 3 heterocycles. The van der Waals surface area contributed by atoms with Gasteiger partial charge in [0, 0.05) is 28.9 Å². The molecule has 0 amide bonds. The standard InChI is InChI=1S/C27H27ClFIN8/c1-14-17(8-10-21(29)33-14)23(24-26(30)38(37-36-24)16-6-7-16)34-15-5-9-20-18(11-15)22(32-13-27(2,3)4)19(12-31)25(28)35-20/h5,8-11,16,23,34H,6-7,13H2,1-4H3,(H,32,35). The number of nitriles is 1. The Bertz CT molecular complexity index is 1570. The lowest BCUT2D eigenvalue weighted by atomic mass is 9.96. The number of hydrogen-bond acceptors (Lipinski definition) is 7. The highest BCUT2D eigenvalue weighted by Crippen LogP contribution is 2.39. The predicted molar refractivity (Wildman–Crippen MR) is 155 cm³/mol. The zero-order valence-corrected chi connectivity index (χ0v) is 24.4. The van der Waals surface area contributed by atoms with Crippen molar-refractivity contribution >= 4 is 56.5 Å². The monoisotopic (exact) mass is 644 g/mol. The molecule has 1 aromatic carbocycles. The number of halogens is 3. The van der Waals surface area contributed by atoms with Crippen molar-refractivity contribution in [2.45, 2.75) is 52.6 Å². The van der Waals surface area contributed by atoms with Gasteiger partial charge in [0.15, 0.2) is 0 Å². The lowest BCUT2D eigenvalue weighted by molar-refractivity contribution is 0.443. The number of benzene rings is 1. The lowest BCUT2D eigenvalue weighted by Gasteiger charge is -2.23. The Hall–Kier alpha value is -3.04. The van der Waals surface area contributed by atoms with Gasteiger partial charge in [0.2, 0.25) is 5.95 Å². The molecule has 0 aliphatic heterocycles. The molecule has 8 nitrogen and oxygen atoms in total. The third kappa shape index (κ3) is 5.40. The number of nitrogens with zero attached hydrogens (tertiary/aromatic N) is 6. The van der Waals surface area contributed by atoms with Crippen LogP contribution in [-0.4, -0.2) is 31.5 Å². The smallest absolute Gasteiger partial charge is 0.213 e. The summed E-state index contributed by atoms with van der Waals surface area (Å²) in [5, 5.41) is 26.7. The predicted octanol–water partition coefficient (Wildman–Crippen LogP) is 6.79. The zero-order chi connectivity index (χ0) is 27.2. The molecule has 1 aliphatic carbocycles. The highest BCUT2D eigenvalue weighted by atomic mass is 127. The maximum absolute atomic E-state index is 13.9. The molecule has 38 heavy (non-hydrogen) atoms. The van der Waals surface area contributed by atoms with Gasteiger partial charge in [-0.15, -0.1) is 5.10 Å². The van der Waals surface area contributed by atoms with Crippen molar-refractivity contribution in [1.29, 1.82) is 5.26 Å². The van der Waals surface area contributed by atoms with Crippen LogP contribution in [0.5, 0.6) is 0 Å². The van der Waals surface area contributed by atoms with Crippen molar-refractivity contribution in [2.24, 2.45) is 5.41 Å². The topological polar surface area (TPSA) is 104 Å². The number of aryl methyl sites for hydroxylation is 1. The summed E-state index contributed by atoms with van der Waals surface area (Å²) in [5.41, 5.74) is 4.47. The first-order chi connectivity index (χ1) is 18.1. The molecule has 0 saturated heterocycles. The Morgan fingerprint density at radius 1 is 1.24 bits per heavy atom. The van der Waals surface area contributed by atoms with Crippen molar-refractivity contribution in [3.8, 4) is 6.07 Å². The molecular weight excluding hydrogens is 618 g/mol. The van der Waals surface area contributed by atoms with Crippen molar-refractivity contribution in [3.05, 3.63) is 67.6 Å². The van der Waals surface area contributed by atoms with Gasteiger partial charge in [-0.25, -0.2) is 14.6 Å². The minimum absolute atomic E-state index is 0.0209. The number of nitrogens with one attached hydrogen (secondary N) is 2. The van der Waals surface area contributed by atoms with Crippen LogP contribution in [0, 0.1) is 33.3 Å². The lowest BCUT2D eigenvalue weighted by Crippen LogP contribution is -2.20. The van der Waals surface area contributed by atoms with Crippen LogP contribution < -0.4 is 10.6 Å². The molecule has 1 saturated carbocycles. The quantitative estimate of drug-likeness (QED) is 0.169. The third-order valence-electron chi connectivity index (χ3n) is 6.39. The van der Waals surface area contributed by atoms with Crippen molar-refractivity contribution < 1.29 is 4.39 Å². The number of rotatable bonds is 7. The van der Waals surface area contributed by atoms with Gasteiger partial charge in [-0.3, -0.25) is 0 Å². The molecule has 1 fully saturated rings. The Labute approximate surface area is 239 Å². The number of anilines is 2. The molecule has 1 unspecified atom stereocenters. The average Bonchev–Trinajstić information content (AvgIpc) is 3.62.